The normalized spacial score (nSPS) is 11.1. The molecule has 0 fully saturated rings. The van der Waals surface area contributed by atoms with Crippen LogP contribution in [0.15, 0.2) is 108 Å². The van der Waals surface area contributed by atoms with E-state index in [0.717, 1.165) is 17.1 Å². The summed E-state index contributed by atoms with van der Waals surface area (Å²) in [5.41, 5.74) is 2.47. The maximum absolute atomic E-state index is 14.0. The Morgan fingerprint density at radius 1 is 0.750 bits per heavy atom. The molecule has 4 aromatic carbocycles. The van der Waals surface area contributed by atoms with E-state index in [1.165, 1.54) is 0 Å². The SMILES string of the molecule is CCOc1ccc(N=C(c2ccccc2)N(C(=O)c2ccccc2Cl)c2ccc(OCC)cc2)cc1. The summed E-state index contributed by atoms with van der Waals surface area (Å²) in [6.45, 7) is 5.00. The van der Waals surface area contributed by atoms with Crippen molar-refractivity contribution >= 4 is 34.7 Å². The van der Waals surface area contributed by atoms with Gasteiger partial charge in [0, 0.05) is 5.56 Å². The van der Waals surface area contributed by atoms with E-state index in [4.69, 9.17) is 26.1 Å². The molecule has 0 spiro atoms. The van der Waals surface area contributed by atoms with Crippen molar-refractivity contribution in [2.24, 2.45) is 4.99 Å². The second kappa shape index (κ2) is 12.0. The van der Waals surface area contributed by atoms with E-state index in [1.54, 1.807) is 29.2 Å². The van der Waals surface area contributed by atoms with E-state index in [2.05, 4.69) is 0 Å². The zero-order chi connectivity index (χ0) is 25.3. The van der Waals surface area contributed by atoms with Crippen molar-refractivity contribution in [3.63, 3.8) is 0 Å². The smallest absolute Gasteiger partial charge is 0.265 e. The molecule has 0 bridgehead atoms. The van der Waals surface area contributed by atoms with Crippen LogP contribution in [0, 0.1) is 0 Å². The van der Waals surface area contributed by atoms with Gasteiger partial charge >= 0.3 is 0 Å². The summed E-state index contributed by atoms with van der Waals surface area (Å²) in [6.07, 6.45) is 0. The summed E-state index contributed by atoms with van der Waals surface area (Å²) in [7, 11) is 0. The highest BCUT2D eigenvalue weighted by Crippen LogP contribution is 2.28. The quantitative estimate of drug-likeness (QED) is 0.186. The highest BCUT2D eigenvalue weighted by molar-refractivity contribution is 6.37. The van der Waals surface area contributed by atoms with Crippen LogP contribution < -0.4 is 14.4 Å². The number of hydrogen-bond acceptors (Lipinski definition) is 4. The van der Waals surface area contributed by atoms with Crippen LogP contribution in [0.25, 0.3) is 0 Å². The maximum atomic E-state index is 14.0. The molecule has 5 nitrogen and oxygen atoms in total. The van der Waals surface area contributed by atoms with Crippen LogP contribution in [0.1, 0.15) is 29.8 Å². The minimum atomic E-state index is -0.293. The van der Waals surface area contributed by atoms with E-state index >= 15 is 0 Å². The number of rotatable bonds is 8. The third-order valence-corrected chi connectivity index (χ3v) is 5.67. The van der Waals surface area contributed by atoms with Gasteiger partial charge in [0.1, 0.15) is 17.3 Å². The number of amides is 1. The average Bonchev–Trinajstić information content (AvgIpc) is 2.91. The summed E-state index contributed by atoms with van der Waals surface area (Å²) in [4.78, 5) is 20.6. The Balaban J connectivity index is 1.88. The van der Waals surface area contributed by atoms with Crippen LogP contribution in [-0.4, -0.2) is 25.0 Å². The molecule has 0 heterocycles. The topological polar surface area (TPSA) is 51.1 Å². The van der Waals surface area contributed by atoms with Crippen LogP contribution in [0.4, 0.5) is 11.4 Å². The van der Waals surface area contributed by atoms with E-state index in [0.29, 0.717) is 41.0 Å². The van der Waals surface area contributed by atoms with Crippen LogP contribution in [0.2, 0.25) is 5.02 Å². The Labute approximate surface area is 216 Å². The Kier molecular flexibility index (Phi) is 8.37. The van der Waals surface area contributed by atoms with Gasteiger partial charge in [-0.3, -0.25) is 9.69 Å². The van der Waals surface area contributed by atoms with E-state index < -0.39 is 0 Å². The lowest BCUT2D eigenvalue weighted by molar-refractivity contribution is 0.100. The van der Waals surface area contributed by atoms with Gasteiger partial charge in [0.25, 0.3) is 5.91 Å². The third-order valence-electron chi connectivity index (χ3n) is 5.34. The minimum absolute atomic E-state index is 0.293. The van der Waals surface area contributed by atoms with Gasteiger partial charge < -0.3 is 9.47 Å². The van der Waals surface area contributed by atoms with Crippen LogP contribution in [-0.2, 0) is 0 Å². The van der Waals surface area contributed by atoms with Crippen molar-refractivity contribution in [3.05, 3.63) is 119 Å². The lowest BCUT2D eigenvalue weighted by atomic mass is 10.1. The Bertz CT molecular complexity index is 1320. The third kappa shape index (κ3) is 5.93. The first-order valence-electron chi connectivity index (χ1n) is 11.8. The predicted molar refractivity (Wildman–Crippen MR) is 146 cm³/mol. The van der Waals surface area contributed by atoms with Crippen molar-refractivity contribution < 1.29 is 14.3 Å². The van der Waals surface area contributed by atoms with Crippen molar-refractivity contribution in [2.45, 2.75) is 13.8 Å². The van der Waals surface area contributed by atoms with Crippen molar-refractivity contribution in [1.29, 1.82) is 0 Å². The molecular weight excluding hydrogens is 472 g/mol. The van der Waals surface area contributed by atoms with Gasteiger partial charge in [-0.25, -0.2) is 4.99 Å². The monoisotopic (exact) mass is 498 g/mol. The molecule has 0 aromatic heterocycles. The number of carbonyl (C=O) groups is 1. The molecule has 182 valence electrons. The van der Waals surface area contributed by atoms with Gasteiger partial charge in [-0.05, 0) is 74.5 Å². The highest BCUT2D eigenvalue weighted by atomic mass is 35.5. The Hall–Kier alpha value is -4.09. The number of amidine groups is 1. The van der Waals surface area contributed by atoms with E-state index in [9.17, 15) is 4.79 Å². The largest absolute Gasteiger partial charge is 0.494 e. The fourth-order valence-corrected chi connectivity index (χ4v) is 3.90. The first kappa shape index (κ1) is 25.0. The molecule has 0 saturated carbocycles. The molecular formula is C30H27ClN2O3. The summed E-state index contributed by atoms with van der Waals surface area (Å²) >= 11 is 6.45. The summed E-state index contributed by atoms with van der Waals surface area (Å²) in [6, 6.07) is 31.4. The minimum Gasteiger partial charge on any atom is -0.494 e. The average molecular weight is 499 g/mol. The van der Waals surface area contributed by atoms with Gasteiger partial charge in [0.2, 0.25) is 0 Å². The van der Waals surface area contributed by atoms with E-state index in [-0.39, 0.29) is 5.91 Å². The van der Waals surface area contributed by atoms with Crippen molar-refractivity contribution in [3.8, 4) is 11.5 Å². The van der Waals surface area contributed by atoms with Gasteiger partial charge in [-0.1, -0.05) is 54.1 Å². The Morgan fingerprint density at radius 2 is 1.31 bits per heavy atom. The number of benzene rings is 4. The van der Waals surface area contributed by atoms with Gasteiger partial charge in [-0.2, -0.15) is 0 Å². The number of halogens is 1. The molecule has 6 heteroatoms. The molecule has 36 heavy (non-hydrogen) atoms. The summed E-state index contributed by atoms with van der Waals surface area (Å²) in [5.74, 6) is 1.65. The number of hydrogen-bond donors (Lipinski definition) is 0. The molecule has 0 atom stereocenters. The molecule has 0 aliphatic rings. The Morgan fingerprint density at radius 3 is 1.89 bits per heavy atom. The molecule has 4 aromatic rings. The second-order valence-corrected chi connectivity index (χ2v) is 8.18. The predicted octanol–water partition coefficient (Wildman–Crippen LogP) is 7.56. The van der Waals surface area contributed by atoms with Gasteiger partial charge in [0.05, 0.1) is 35.2 Å². The number of nitrogens with zero attached hydrogens (tertiary/aromatic N) is 2. The molecule has 0 radical (unpaired) electrons. The molecule has 0 unspecified atom stereocenters. The number of anilines is 1. The number of carbonyl (C=O) groups excluding carboxylic acids is 1. The van der Waals surface area contributed by atoms with Crippen molar-refractivity contribution in [2.75, 3.05) is 18.1 Å². The number of ether oxygens (including phenoxy) is 2. The van der Waals surface area contributed by atoms with Gasteiger partial charge in [-0.15, -0.1) is 0 Å². The second-order valence-electron chi connectivity index (χ2n) is 7.78. The molecule has 1 amide bonds. The van der Waals surface area contributed by atoms with Crippen LogP contribution in [0.5, 0.6) is 11.5 Å². The standard InChI is InChI=1S/C30H27ClN2O3/c1-3-35-25-18-14-23(15-19-25)32-29(22-10-6-5-7-11-22)33(24-16-20-26(21-17-24)36-4-2)30(34)27-12-8-9-13-28(27)31/h5-21H,3-4H2,1-2H3. The molecule has 0 aliphatic carbocycles. The van der Waals surface area contributed by atoms with Crippen LogP contribution in [0.3, 0.4) is 0 Å². The molecule has 0 aliphatic heterocycles. The number of aliphatic imine (C=N–C) groups is 1. The maximum Gasteiger partial charge on any atom is 0.265 e. The lowest BCUT2D eigenvalue weighted by Gasteiger charge is -2.26. The summed E-state index contributed by atoms with van der Waals surface area (Å²) < 4.78 is 11.2. The zero-order valence-electron chi connectivity index (χ0n) is 20.2. The fraction of sp³-hybridized carbons (Fsp3) is 0.133. The first-order valence-corrected chi connectivity index (χ1v) is 12.2. The van der Waals surface area contributed by atoms with E-state index in [1.807, 2.05) is 92.7 Å². The first-order chi connectivity index (χ1) is 17.6. The van der Waals surface area contributed by atoms with Crippen LogP contribution >= 0.6 is 11.6 Å². The fourth-order valence-electron chi connectivity index (χ4n) is 3.69. The van der Waals surface area contributed by atoms with Gasteiger partial charge in [0.15, 0.2) is 0 Å². The summed E-state index contributed by atoms with van der Waals surface area (Å²) in [5, 5.41) is 0.368. The highest BCUT2D eigenvalue weighted by Gasteiger charge is 2.26. The zero-order valence-corrected chi connectivity index (χ0v) is 21.0. The van der Waals surface area contributed by atoms with Crippen molar-refractivity contribution in [1.82, 2.24) is 0 Å². The molecule has 4 rings (SSSR count). The molecule has 0 N–H and O–H groups in total. The molecule has 0 saturated heterocycles. The lowest BCUT2D eigenvalue weighted by Crippen LogP contribution is -2.38.